The van der Waals surface area contributed by atoms with Crippen LogP contribution in [0.4, 0.5) is 5.69 Å². The standard InChI is InChI=1S/C22H25N5O2/c1-4-20-19(14-23-27(20)15-16-9-6-5-7-10-16)22(29)25-24-21(28)17-11-8-12-18(13-17)26(2)3/h5-14H,4,15H2,1-3H3,(H,24,28)(H,25,29). The maximum Gasteiger partial charge on any atom is 0.273 e. The van der Waals surface area contributed by atoms with Gasteiger partial charge < -0.3 is 4.90 Å². The third kappa shape index (κ3) is 4.82. The Kier molecular flexibility index (Phi) is 6.29. The fraction of sp³-hybridized carbons (Fsp3) is 0.227. The van der Waals surface area contributed by atoms with E-state index in [4.69, 9.17) is 0 Å². The van der Waals surface area contributed by atoms with Gasteiger partial charge in [-0.2, -0.15) is 5.10 Å². The van der Waals surface area contributed by atoms with Crippen molar-refractivity contribution in [3.63, 3.8) is 0 Å². The van der Waals surface area contributed by atoms with Gasteiger partial charge in [0.25, 0.3) is 11.8 Å². The predicted octanol–water partition coefficient (Wildman–Crippen LogP) is 2.63. The second-order valence-electron chi connectivity index (χ2n) is 6.85. The molecule has 2 amide bonds. The molecule has 0 aliphatic heterocycles. The quantitative estimate of drug-likeness (QED) is 0.633. The fourth-order valence-corrected chi connectivity index (χ4v) is 3.04. The van der Waals surface area contributed by atoms with Crippen LogP contribution in [0.3, 0.4) is 0 Å². The molecule has 1 aromatic heterocycles. The molecule has 1 heterocycles. The molecule has 0 aliphatic carbocycles. The normalized spacial score (nSPS) is 10.4. The summed E-state index contributed by atoms with van der Waals surface area (Å²) in [6.45, 7) is 2.56. The number of hydrazine groups is 1. The number of aromatic nitrogens is 2. The summed E-state index contributed by atoms with van der Waals surface area (Å²) in [6, 6.07) is 17.1. The maximum atomic E-state index is 12.6. The third-order valence-corrected chi connectivity index (χ3v) is 4.62. The first-order chi connectivity index (χ1) is 14.0. The molecule has 29 heavy (non-hydrogen) atoms. The zero-order chi connectivity index (χ0) is 20.8. The monoisotopic (exact) mass is 391 g/mol. The lowest BCUT2D eigenvalue weighted by molar-refractivity contribution is 0.0846. The van der Waals surface area contributed by atoms with Crippen LogP contribution < -0.4 is 15.8 Å². The molecule has 0 fully saturated rings. The van der Waals surface area contributed by atoms with Crippen molar-refractivity contribution in [2.75, 3.05) is 19.0 Å². The molecule has 2 aromatic carbocycles. The highest BCUT2D eigenvalue weighted by Gasteiger charge is 2.17. The van der Waals surface area contributed by atoms with Gasteiger partial charge in [-0.25, -0.2) is 0 Å². The minimum absolute atomic E-state index is 0.378. The lowest BCUT2D eigenvalue weighted by Gasteiger charge is -2.14. The predicted molar refractivity (Wildman–Crippen MR) is 113 cm³/mol. The van der Waals surface area contributed by atoms with Crippen LogP contribution in [0.5, 0.6) is 0 Å². The molecular weight excluding hydrogens is 366 g/mol. The number of hydrogen-bond donors (Lipinski definition) is 2. The van der Waals surface area contributed by atoms with E-state index in [0.29, 0.717) is 24.1 Å². The highest BCUT2D eigenvalue weighted by Crippen LogP contribution is 2.14. The number of rotatable bonds is 6. The first-order valence-electron chi connectivity index (χ1n) is 9.46. The number of amides is 2. The molecule has 0 atom stereocenters. The second-order valence-corrected chi connectivity index (χ2v) is 6.85. The van der Waals surface area contributed by atoms with Gasteiger partial charge in [0.05, 0.1) is 24.0 Å². The Morgan fingerprint density at radius 3 is 2.41 bits per heavy atom. The number of benzene rings is 2. The van der Waals surface area contributed by atoms with Crippen LogP contribution in [0.15, 0.2) is 60.8 Å². The van der Waals surface area contributed by atoms with Gasteiger partial charge in [0, 0.05) is 25.3 Å². The molecule has 150 valence electrons. The molecule has 0 aliphatic rings. The summed E-state index contributed by atoms with van der Waals surface area (Å²) < 4.78 is 1.81. The highest BCUT2D eigenvalue weighted by atomic mass is 16.2. The van der Waals surface area contributed by atoms with Crippen molar-refractivity contribution in [1.29, 1.82) is 0 Å². The summed E-state index contributed by atoms with van der Waals surface area (Å²) in [5, 5.41) is 4.36. The van der Waals surface area contributed by atoms with Gasteiger partial charge in [0.2, 0.25) is 0 Å². The summed E-state index contributed by atoms with van der Waals surface area (Å²) in [5.74, 6) is -0.768. The van der Waals surface area contributed by atoms with Gasteiger partial charge in [-0.15, -0.1) is 0 Å². The van der Waals surface area contributed by atoms with Crippen LogP contribution in [0.25, 0.3) is 0 Å². The van der Waals surface area contributed by atoms with Gasteiger partial charge in [-0.3, -0.25) is 25.1 Å². The summed E-state index contributed by atoms with van der Waals surface area (Å²) in [6.07, 6.45) is 2.18. The average Bonchev–Trinajstić information content (AvgIpc) is 3.15. The number of hydrogen-bond acceptors (Lipinski definition) is 4. The summed E-state index contributed by atoms with van der Waals surface area (Å²) >= 11 is 0. The number of anilines is 1. The van der Waals surface area contributed by atoms with Crippen molar-refractivity contribution in [3.05, 3.63) is 83.2 Å². The van der Waals surface area contributed by atoms with Gasteiger partial charge in [-0.1, -0.05) is 43.3 Å². The SMILES string of the molecule is CCc1c(C(=O)NNC(=O)c2cccc(N(C)C)c2)cnn1Cc1ccccc1. The van der Waals surface area contributed by atoms with E-state index in [1.807, 2.05) is 67.0 Å². The molecule has 0 spiro atoms. The molecule has 3 rings (SSSR count). The number of carbonyl (C=O) groups is 2. The summed E-state index contributed by atoms with van der Waals surface area (Å²) in [4.78, 5) is 26.9. The van der Waals surface area contributed by atoms with Gasteiger partial charge in [0.1, 0.15) is 0 Å². The van der Waals surface area contributed by atoms with E-state index in [-0.39, 0.29) is 5.91 Å². The average molecular weight is 391 g/mol. The van der Waals surface area contributed by atoms with Crippen molar-refractivity contribution in [2.24, 2.45) is 0 Å². The smallest absolute Gasteiger partial charge is 0.273 e. The van der Waals surface area contributed by atoms with Crippen molar-refractivity contribution < 1.29 is 9.59 Å². The Hall–Kier alpha value is -3.61. The van der Waals surface area contributed by atoms with Crippen LogP contribution in [0.2, 0.25) is 0 Å². The zero-order valence-electron chi connectivity index (χ0n) is 16.8. The molecular formula is C22H25N5O2. The molecule has 0 saturated heterocycles. The molecule has 0 bridgehead atoms. The summed E-state index contributed by atoms with van der Waals surface area (Å²) in [5.41, 5.74) is 8.71. The Morgan fingerprint density at radius 1 is 1.00 bits per heavy atom. The van der Waals surface area contributed by atoms with Crippen molar-refractivity contribution >= 4 is 17.5 Å². The lowest BCUT2D eigenvalue weighted by atomic mass is 10.1. The molecule has 3 aromatic rings. The second kappa shape index (κ2) is 9.05. The Bertz CT molecular complexity index is 995. The largest absolute Gasteiger partial charge is 0.378 e. The Morgan fingerprint density at radius 2 is 1.72 bits per heavy atom. The lowest BCUT2D eigenvalue weighted by Crippen LogP contribution is -2.41. The number of nitrogens with zero attached hydrogens (tertiary/aromatic N) is 3. The van der Waals surface area contributed by atoms with Crippen LogP contribution in [-0.4, -0.2) is 35.7 Å². The zero-order valence-corrected chi connectivity index (χ0v) is 16.8. The van der Waals surface area contributed by atoms with Crippen LogP contribution in [-0.2, 0) is 13.0 Å². The van der Waals surface area contributed by atoms with Gasteiger partial charge in [0.15, 0.2) is 0 Å². The molecule has 0 saturated carbocycles. The van der Waals surface area contributed by atoms with Crippen LogP contribution in [0.1, 0.15) is 38.9 Å². The van der Waals surface area contributed by atoms with Crippen molar-refractivity contribution in [1.82, 2.24) is 20.6 Å². The van der Waals surface area contributed by atoms with E-state index < -0.39 is 5.91 Å². The molecule has 0 unspecified atom stereocenters. The van der Waals surface area contributed by atoms with Crippen LogP contribution >= 0.6 is 0 Å². The molecule has 7 heteroatoms. The minimum atomic E-state index is -0.390. The summed E-state index contributed by atoms with van der Waals surface area (Å²) in [7, 11) is 3.80. The maximum absolute atomic E-state index is 12.6. The minimum Gasteiger partial charge on any atom is -0.378 e. The van der Waals surface area contributed by atoms with Crippen molar-refractivity contribution in [3.8, 4) is 0 Å². The van der Waals surface area contributed by atoms with E-state index in [9.17, 15) is 9.59 Å². The number of carbonyl (C=O) groups excluding carboxylic acids is 2. The van der Waals surface area contributed by atoms with E-state index in [1.165, 1.54) is 6.20 Å². The number of nitrogens with one attached hydrogen (secondary N) is 2. The third-order valence-electron chi connectivity index (χ3n) is 4.62. The molecule has 0 radical (unpaired) electrons. The van der Waals surface area contributed by atoms with Crippen molar-refractivity contribution in [2.45, 2.75) is 19.9 Å². The van der Waals surface area contributed by atoms with E-state index in [0.717, 1.165) is 16.9 Å². The van der Waals surface area contributed by atoms with Gasteiger partial charge in [-0.05, 0) is 30.2 Å². The first-order valence-corrected chi connectivity index (χ1v) is 9.46. The van der Waals surface area contributed by atoms with E-state index in [1.54, 1.807) is 18.2 Å². The van der Waals surface area contributed by atoms with Gasteiger partial charge >= 0.3 is 0 Å². The fourth-order valence-electron chi connectivity index (χ4n) is 3.04. The van der Waals surface area contributed by atoms with Crippen LogP contribution in [0, 0.1) is 0 Å². The first kappa shape index (κ1) is 20.1. The Labute approximate surface area is 170 Å². The highest BCUT2D eigenvalue weighted by molar-refractivity contribution is 5.99. The van der Waals surface area contributed by atoms with E-state index in [2.05, 4.69) is 16.0 Å². The van der Waals surface area contributed by atoms with E-state index >= 15 is 0 Å². The Balaban J connectivity index is 1.68. The molecule has 2 N–H and O–H groups in total. The topological polar surface area (TPSA) is 79.3 Å². The molecule has 7 nitrogen and oxygen atoms in total.